The van der Waals surface area contributed by atoms with Gasteiger partial charge in [-0.25, -0.2) is 4.63 Å². The summed E-state index contributed by atoms with van der Waals surface area (Å²) in [5.41, 5.74) is 6.39. The lowest BCUT2D eigenvalue weighted by atomic mass is 10.1. The summed E-state index contributed by atoms with van der Waals surface area (Å²) in [6, 6.07) is 4.64. The second-order valence-electron chi connectivity index (χ2n) is 4.00. The molecular formula is C11H11N5O4. The zero-order chi connectivity index (χ0) is 14.7. The molecule has 0 spiro atoms. The van der Waals surface area contributed by atoms with E-state index < -0.39 is 10.8 Å². The number of nitro groups is 1. The minimum absolute atomic E-state index is 0.000587. The van der Waals surface area contributed by atoms with Gasteiger partial charge < -0.3 is 11.1 Å². The van der Waals surface area contributed by atoms with Gasteiger partial charge in [0.1, 0.15) is 0 Å². The molecule has 0 aliphatic heterocycles. The third-order valence-corrected chi connectivity index (χ3v) is 2.78. The number of nitrogen functional groups attached to an aromatic ring is 1. The van der Waals surface area contributed by atoms with Gasteiger partial charge in [-0.15, -0.1) is 0 Å². The Kier molecular flexibility index (Phi) is 3.60. The van der Waals surface area contributed by atoms with Crippen LogP contribution >= 0.6 is 0 Å². The number of aromatic nitrogens is 2. The van der Waals surface area contributed by atoms with Gasteiger partial charge in [0.2, 0.25) is 11.5 Å². The summed E-state index contributed by atoms with van der Waals surface area (Å²) < 4.78 is 4.32. The molecule has 0 radical (unpaired) electrons. The Labute approximate surface area is 112 Å². The second kappa shape index (κ2) is 5.34. The van der Waals surface area contributed by atoms with E-state index in [1.165, 1.54) is 6.07 Å². The van der Waals surface area contributed by atoms with E-state index in [4.69, 9.17) is 5.73 Å². The van der Waals surface area contributed by atoms with Gasteiger partial charge in [0, 0.05) is 18.2 Å². The molecule has 9 nitrogen and oxygen atoms in total. The lowest BCUT2D eigenvalue weighted by Crippen LogP contribution is -2.24. The zero-order valence-electron chi connectivity index (χ0n) is 10.5. The number of carbonyl (C=O) groups excluding carboxylic acids is 1. The minimum Gasteiger partial charge on any atom is -0.379 e. The van der Waals surface area contributed by atoms with Gasteiger partial charge in [-0.3, -0.25) is 14.9 Å². The number of hydrogen-bond acceptors (Lipinski definition) is 7. The summed E-state index contributed by atoms with van der Waals surface area (Å²) in [5.74, 6) is -0.673. The maximum absolute atomic E-state index is 11.7. The lowest BCUT2D eigenvalue weighted by Gasteiger charge is -2.07. The average Bonchev–Trinajstić information content (AvgIpc) is 2.83. The Hall–Kier alpha value is -2.97. The molecule has 9 heteroatoms. The molecule has 0 aliphatic rings. The van der Waals surface area contributed by atoms with Gasteiger partial charge in [-0.05, 0) is 22.8 Å². The van der Waals surface area contributed by atoms with Crippen molar-refractivity contribution in [3.05, 3.63) is 45.1 Å². The van der Waals surface area contributed by atoms with Gasteiger partial charge in [0.15, 0.2) is 0 Å². The first-order valence-electron chi connectivity index (χ1n) is 5.60. The summed E-state index contributed by atoms with van der Waals surface area (Å²) in [6.07, 6.45) is 0. The van der Waals surface area contributed by atoms with E-state index in [1.54, 1.807) is 19.1 Å². The molecule has 1 heterocycles. The highest BCUT2D eigenvalue weighted by molar-refractivity contribution is 5.95. The average molecular weight is 277 g/mol. The standard InChI is InChI=1S/C11H11N5O4/c1-6-7(3-2-4-8(6)16(18)19)5-13-11(17)9-10(12)15-20-14-9/h2-4H,5H2,1H3,(H2,12,15)(H,13,17). The summed E-state index contributed by atoms with van der Waals surface area (Å²) in [5, 5.41) is 20.0. The van der Waals surface area contributed by atoms with Crippen LogP contribution in [-0.4, -0.2) is 21.1 Å². The molecule has 20 heavy (non-hydrogen) atoms. The fourth-order valence-corrected chi connectivity index (χ4v) is 1.67. The fourth-order valence-electron chi connectivity index (χ4n) is 1.67. The number of amides is 1. The largest absolute Gasteiger partial charge is 0.379 e. The zero-order valence-corrected chi connectivity index (χ0v) is 10.5. The number of anilines is 1. The number of nitrogens with one attached hydrogen (secondary N) is 1. The van der Waals surface area contributed by atoms with Crippen molar-refractivity contribution < 1.29 is 14.3 Å². The molecule has 1 aromatic carbocycles. The van der Waals surface area contributed by atoms with Crippen molar-refractivity contribution in [1.29, 1.82) is 0 Å². The first-order chi connectivity index (χ1) is 9.50. The highest BCUT2D eigenvalue weighted by Gasteiger charge is 2.17. The molecule has 0 aliphatic carbocycles. The third-order valence-electron chi connectivity index (χ3n) is 2.78. The van der Waals surface area contributed by atoms with Gasteiger partial charge in [0.25, 0.3) is 11.6 Å². The van der Waals surface area contributed by atoms with Crippen LogP contribution in [0.5, 0.6) is 0 Å². The van der Waals surface area contributed by atoms with Crippen LogP contribution in [-0.2, 0) is 6.54 Å². The number of nitrogens with zero attached hydrogens (tertiary/aromatic N) is 3. The van der Waals surface area contributed by atoms with Crippen molar-refractivity contribution in [3.8, 4) is 0 Å². The maximum atomic E-state index is 11.7. The van der Waals surface area contributed by atoms with Gasteiger partial charge in [0.05, 0.1) is 4.92 Å². The Balaban J connectivity index is 2.12. The molecular weight excluding hydrogens is 266 g/mol. The Morgan fingerprint density at radius 3 is 2.85 bits per heavy atom. The molecule has 1 aromatic heterocycles. The fraction of sp³-hybridized carbons (Fsp3) is 0.182. The number of hydrogen-bond donors (Lipinski definition) is 2. The number of rotatable bonds is 4. The predicted molar refractivity (Wildman–Crippen MR) is 67.7 cm³/mol. The van der Waals surface area contributed by atoms with Crippen molar-refractivity contribution in [3.63, 3.8) is 0 Å². The van der Waals surface area contributed by atoms with E-state index in [9.17, 15) is 14.9 Å². The monoisotopic (exact) mass is 277 g/mol. The van der Waals surface area contributed by atoms with Crippen LogP contribution in [0.2, 0.25) is 0 Å². The molecule has 104 valence electrons. The molecule has 0 fully saturated rings. The molecule has 1 amide bonds. The first kappa shape index (κ1) is 13.5. The van der Waals surface area contributed by atoms with Crippen LogP contribution in [0.1, 0.15) is 21.6 Å². The summed E-state index contributed by atoms with van der Waals surface area (Å²) in [7, 11) is 0. The SMILES string of the molecule is Cc1c(CNC(=O)c2nonc2N)cccc1[N+](=O)[O-]. The molecule has 2 rings (SSSR count). The first-order valence-corrected chi connectivity index (χ1v) is 5.60. The summed E-state index contributed by atoms with van der Waals surface area (Å²) >= 11 is 0. The van der Waals surface area contributed by atoms with Crippen molar-refractivity contribution >= 4 is 17.4 Å². The predicted octanol–water partition coefficient (Wildman–Crippen LogP) is 0.798. The maximum Gasteiger partial charge on any atom is 0.277 e. The molecule has 0 unspecified atom stereocenters. The van der Waals surface area contributed by atoms with Crippen molar-refractivity contribution in [2.75, 3.05) is 5.73 Å². The van der Waals surface area contributed by atoms with Gasteiger partial charge >= 0.3 is 0 Å². The van der Waals surface area contributed by atoms with E-state index in [-0.39, 0.29) is 23.7 Å². The number of nitrogens with two attached hydrogens (primary N) is 1. The Morgan fingerprint density at radius 2 is 2.25 bits per heavy atom. The number of nitro benzene ring substituents is 1. The molecule has 0 bridgehead atoms. The minimum atomic E-state index is -0.561. The molecule has 0 saturated heterocycles. The van der Waals surface area contributed by atoms with E-state index >= 15 is 0 Å². The van der Waals surface area contributed by atoms with Crippen LogP contribution in [0.3, 0.4) is 0 Å². The second-order valence-corrected chi connectivity index (χ2v) is 4.00. The molecule has 0 saturated carbocycles. The Morgan fingerprint density at radius 1 is 1.50 bits per heavy atom. The quantitative estimate of drug-likeness (QED) is 0.622. The van der Waals surface area contributed by atoms with E-state index in [0.717, 1.165) is 0 Å². The van der Waals surface area contributed by atoms with E-state index in [1.807, 2.05) is 0 Å². The van der Waals surface area contributed by atoms with Gasteiger partial charge in [-0.2, -0.15) is 0 Å². The van der Waals surface area contributed by atoms with Crippen LogP contribution in [0, 0.1) is 17.0 Å². The number of carbonyl (C=O) groups is 1. The molecule has 2 aromatic rings. The lowest BCUT2D eigenvalue weighted by molar-refractivity contribution is -0.385. The topological polar surface area (TPSA) is 137 Å². The van der Waals surface area contributed by atoms with Crippen molar-refractivity contribution in [1.82, 2.24) is 15.6 Å². The summed E-state index contributed by atoms with van der Waals surface area (Å²) in [4.78, 5) is 22.1. The van der Waals surface area contributed by atoms with Crippen LogP contribution < -0.4 is 11.1 Å². The highest BCUT2D eigenvalue weighted by Crippen LogP contribution is 2.20. The normalized spacial score (nSPS) is 10.2. The van der Waals surface area contributed by atoms with Crippen LogP contribution in [0.15, 0.2) is 22.8 Å². The van der Waals surface area contributed by atoms with E-state index in [0.29, 0.717) is 11.1 Å². The van der Waals surface area contributed by atoms with Crippen molar-refractivity contribution in [2.45, 2.75) is 13.5 Å². The smallest absolute Gasteiger partial charge is 0.277 e. The van der Waals surface area contributed by atoms with Crippen molar-refractivity contribution in [2.24, 2.45) is 0 Å². The highest BCUT2D eigenvalue weighted by atomic mass is 16.6. The number of benzene rings is 1. The van der Waals surface area contributed by atoms with Crippen LogP contribution in [0.25, 0.3) is 0 Å². The van der Waals surface area contributed by atoms with E-state index in [2.05, 4.69) is 20.3 Å². The summed E-state index contributed by atoms with van der Waals surface area (Å²) in [6.45, 7) is 1.73. The molecule has 0 atom stereocenters. The van der Waals surface area contributed by atoms with Gasteiger partial charge in [-0.1, -0.05) is 12.1 Å². The molecule has 3 N–H and O–H groups in total. The Bertz CT molecular complexity index is 667. The van der Waals surface area contributed by atoms with Crippen LogP contribution in [0.4, 0.5) is 11.5 Å². The third kappa shape index (κ3) is 2.55.